The Labute approximate surface area is 122 Å². The van der Waals surface area contributed by atoms with Crippen molar-refractivity contribution < 1.29 is 0 Å². The fourth-order valence-electron chi connectivity index (χ4n) is 2.56. The van der Waals surface area contributed by atoms with E-state index in [9.17, 15) is 0 Å². The van der Waals surface area contributed by atoms with Gasteiger partial charge in [0.15, 0.2) is 0 Å². The van der Waals surface area contributed by atoms with E-state index in [0.717, 1.165) is 32.5 Å². The largest absolute Gasteiger partial charge is 0.343 e. The predicted molar refractivity (Wildman–Crippen MR) is 87.9 cm³/mol. The van der Waals surface area contributed by atoms with E-state index in [-0.39, 0.29) is 0 Å². The molecule has 1 N–H and O–H groups in total. The van der Waals surface area contributed by atoms with Gasteiger partial charge in [-0.05, 0) is 42.8 Å². The summed E-state index contributed by atoms with van der Waals surface area (Å²) in [7, 11) is 0. The number of aromatic nitrogens is 1. The Morgan fingerprint density at radius 1 is 1.30 bits per heavy atom. The van der Waals surface area contributed by atoms with Crippen LogP contribution < -0.4 is 5.32 Å². The van der Waals surface area contributed by atoms with E-state index in [1.165, 1.54) is 16.6 Å². The van der Waals surface area contributed by atoms with Crippen LogP contribution in [-0.4, -0.2) is 11.1 Å². The van der Waals surface area contributed by atoms with Crippen LogP contribution in [0.15, 0.2) is 43.0 Å². The molecule has 2 nitrogen and oxygen atoms in total. The molecule has 20 heavy (non-hydrogen) atoms. The van der Waals surface area contributed by atoms with Crippen LogP contribution in [0.2, 0.25) is 0 Å². The molecule has 0 fully saturated rings. The summed E-state index contributed by atoms with van der Waals surface area (Å²) in [6, 6.07) is 11.0. The third kappa shape index (κ3) is 3.73. The van der Waals surface area contributed by atoms with Gasteiger partial charge in [-0.2, -0.15) is 0 Å². The Hall–Kier alpha value is -1.54. The van der Waals surface area contributed by atoms with E-state index < -0.39 is 0 Å². The van der Waals surface area contributed by atoms with Crippen LogP contribution >= 0.6 is 0 Å². The highest BCUT2D eigenvalue weighted by molar-refractivity contribution is 5.81. The molecule has 1 aromatic carbocycles. The van der Waals surface area contributed by atoms with Crippen LogP contribution in [0.25, 0.3) is 10.9 Å². The first-order chi connectivity index (χ1) is 9.72. The van der Waals surface area contributed by atoms with E-state index >= 15 is 0 Å². The van der Waals surface area contributed by atoms with Crippen molar-refractivity contribution in [3.63, 3.8) is 0 Å². The molecule has 2 aromatic rings. The van der Waals surface area contributed by atoms with Crippen LogP contribution in [-0.2, 0) is 13.1 Å². The normalized spacial score (nSPS) is 11.3. The Kier molecular flexibility index (Phi) is 5.42. The lowest BCUT2D eigenvalue weighted by Gasteiger charge is -2.12. The van der Waals surface area contributed by atoms with Gasteiger partial charge in [0.2, 0.25) is 0 Å². The van der Waals surface area contributed by atoms with Gasteiger partial charge < -0.3 is 9.88 Å². The molecule has 108 valence electrons. The zero-order valence-electron chi connectivity index (χ0n) is 12.7. The number of rotatable bonds is 8. The van der Waals surface area contributed by atoms with Crippen molar-refractivity contribution in [1.82, 2.24) is 9.88 Å². The fraction of sp³-hybridized carbons (Fsp3) is 0.444. The quantitative estimate of drug-likeness (QED) is 0.557. The molecule has 0 atom stereocenters. The number of aryl methyl sites for hydroxylation is 1. The number of hydrogen-bond acceptors (Lipinski definition) is 1. The Balaban J connectivity index is 2.17. The second kappa shape index (κ2) is 7.30. The summed E-state index contributed by atoms with van der Waals surface area (Å²) in [5, 5.41) is 4.89. The summed E-state index contributed by atoms with van der Waals surface area (Å²) in [4.78, 5) is 0. The monoisotopic (exact) mass is 270 g/mol. The van der Waals surface area contributed by atoms with Crippen molar-refractivity contribution in [3.05, 3.63) is 48.7 Å². The number of allylic oxidation sites excluding steroid dienone is 1. The van der Waals surface area contributed by atoms with Gasteiger partial charge in [-0.25, -0.2) is 0 Å². The minimum atomic E-state index is 0.689. The van der Waals surface area contributed by atoms with Gasteiger partial charge in [0.05, 0.1) is 0 Å². The third-order valence-electron chi connectivity index (χ3n) is 3.55. The second-order valence-corrected chi connectivity index (χ2v) is 5.80. The summed E-state index contributed by atoms with van der Waals surface area (Å²) < 4.78 is 2.45. The van der Waals surface area contributed by atoms with E-state index in [0.29, 0.717) is 5.92 Å². The molecule has 2 heteroatoms. The van der Waals surface area contributed by atoms with Crippen molar-refractivity contribution in [2.75, 3.05) is 6.54 Å². The molecule has 0 saturated carbocycles. The fourth-order valence-corrected chi connectivity index (χ4v) is 2.56. The number of para-hydroxylation sites is 1. The van der Waals surface area contributed by atoms with E-state index in [1.807, 2.05) is 6.08 Å². The zero-order valence-corrected chi connectivity index (χ0v) is 12.7. The van der Waals surface area contributed by atoms with Crippen molar-refractivity contribution >= 4 is 10.9 Å². The van der Waals surface area contributed by atoms with Crippen LogP contribution in [0.4, 0.5) is 0 Å². The summed E-state index contributed by atoms with van der Waals surface area (Å²) in [5.74, 6) is 0.689. The van der Waals surface area contributed by atoms with E-state index in [1.54, 1.807) is 0 Å². The highest BCUT2D eigenvalue weighted by atomic mass is 15.0. The maximum Gasteiger partial charge on any atom is 0.0482 e. The maximum atomic E-state index is 3.81. The number of nitrogens with zero attached hydrogens (tertiary/aromatic N) is 1. The number of nitrogens with one attached hydrogen (secondary N) is 1. The first kappa shape index (κ1) is 14.9. The standard InChI is InChI=1S/C18H26N2/c1-4-5-8-11-20-17(14-19-13-15(2)3)12-16-9-6-7-10-18(16)20/h4,6-7,9-10,12,15,19H,1,5,8,11,13-14H2,2-3H3. The van der Waals surface area contributed by atoms with Gasteiger partial charge in [0, 0.05) is 24.3 Å². The molecule has 0 aliphatic heterocycles. The van der Waals surface area contributed by atoms with Crippen LogP contribution in [0.1, 0.15) is 32.4 Å². The Bertz CT molecular complexity index is 552. The number of unbranched alkanes of at least 4 members (excludes halogenated alkanes) is 1. The molecule has 0 bridgehead atoms. The van der Waals surface area contributed by atoms with Crippen molar-refractivity contribution in [2.24, 2.45) is 5.92 Å². The van der Waals surface area contributed by atoms with Gasteiger partial charge >= 0.3 is 0 Å². The molecule has 0 radical (unpaired) electrons. The average molecular weight is 270 g/mol. The van der Waals surface area contributed by atoms with E-state index in [2.05, 4.69) is 60.6 Å². The van der Waals surface area contributed by atoms with Gasteiger partial charge in [-0.3, -0.25) is 0 Å². The summed E-state index contributed by atoms with van der Waals surface area (Å²) in [6.45, 7) is 11.4. The second-order valence-electron chi connectivity index (χ2n) is 5.80. The van der Waals surface area contributed by atoms with E-state index in [4.69, 9.17) is 0 Å². The number of hydrogen-bond donors (Lipinski definition) is 1. The molecule has 0 spiro atoms. The summed E-state index contributed by atoms with van der Waals surface area (Å²) in [6.07, 6.45) is 4.23. The lowest BCUT2D eigenvalue weighted by Crippen LogP contribution is -2.20. The van der Waals surface area contributed by atoms with Gasteiger partial charge in [-0.15, -0.1) is 6.58 Å². The molecule has 0 saturated heterocycles. The van der Waals surface area contributed by atoms with Crippen LogP contribution in [0.3, 0.4) is 0 Å². The third-order valence-corrected chi connectivity index (χ3v) is 3.55. The molecular weight excluding hydrogens is 244 g/mol. The van der Waals surface area contributed by atoms with Crippen molar-refractivity contribution in [2.45, 2.75) is 39.8 Å². The molecular formula is C18H26N2. The summed E-state index contributed by atoms with van der Waals surface area (Å²) >= 11 is 0. The Morgan fingerprint density at radius 3 is 2.85 bits per heavy atom. The topological polar surface area (TPSA) is 17.0 Å². The SMILES string of the molecule is C=CCCCn1c(CNCC(C)C)cc2ccccc21. The number of fused-ring (bicyclic) bond motifs is 1. The van der Waals surface area contributed by atoms with Gasteiger partial charge in [0.25, 0.3) is 0 Å². The summed E-state index contributed by atoms with van der Waals surface area (Å²) in [5.41, 5.74) is 2.73. The Morgan fingerprint density at radius 2 is 2.10 bits per heavy atom. The van der Waals surface area contributed by atoms with Crippen LogP contribution in [0.5, 0.6) is 0 Å². The molecule has 0 amide bonds. The highest BCUT2D eigenvalue weighted by Gasteiger charge is 2.07. The van der Waals surface area contributed by atoms with Crippen molar-refractivity contribution in [3.8, 4) is 0 Å². The maximum absolute atomic E-state index is 3.81. The first-order valence-electron chi connectivity index (χ1n) is 7.61. The molecule has 1 aromatic heterocycles. The first-order valence-corrected chi connectivity index (χ1v) is 7.61. The van der Waals surface area contributed by atoms with Gasteiger partial charge in [-0.1, -0.05) is 38.1 Å². The van der Waals surface area contributed by atoms with Crippen LogP contribution in [0, 0.1) is 5.92 Å². The molecule has 2 rings (SSSR count). The lowest BCUT2D eigenvalue weighted by molar-refractivity contribution is 0.533. The number of benzene rings is 1. The minimum absolute atomic E-state index is 0.689. The molecule has 0 aliphatic rings. The van der Waals surface area contributed by atoms with Gasteiger partial charge in [0.1, 0.15) is 0 Å². The minimum Gasteiger partial charge on any atom is -0.343 e. The molecule has 1 heterocycles. The smallest absolute Gasteiger partial charge is 0.0482 e. The zero-order chi connectivity index (χ0) is 14.4. The highest BCUT2D eigenvalue weighted by Crippen LogP contribution is 2.20. The van der Waals surface area contributed by atoms with Crippen molar-refractivity contribution in [1.29, 1.82) is 0 Å². The predicted octanol–water partition coefficient (Wildman–Crippen LogP) is 4.35. The lowest BCUT2D eigenvalue weighted by atomic mass is 10.2. The average Bonchev–Trinajstić information content (AvgIpc) is 2.77. The molecule has 0 unspecified atom stereocenters. The molecule has 0 aliphatic carbocycles.